The van der Waals surface area contributed by atoms with Gasteiger partial charge in [0.25, 0.3) is 0 Å². The van der Waals surface area contributed by atoms with Crippen LogP contribution in [0, 0.1) is 11.6 Å². The molecule has 0 atom stereocenters. The molecule has 4 rings (SSSR count). The molecule has 0 radical (unpaired) electrons. The van der Waals surface area contributed by atoms with Crippen molar-refractivity contribution in [3.63, 3.8) is 0 Å². The van der Waals surface area contributed by atoms with Gasteiger partial charge in [-0.05, 0) is 0 Å². The van der Waals surface area contributed by atoms with Gasteiger partial charge in [-0.3, -0.25) is 0 Å². The van der Waals surface area contributed by atoms with Crippen molar-refractivity contribution in [3.05, 3.63) is 141 Å². The van der Waals surface area contributed by atoms with Crippen molar-refractivity contribution in [2.24, 2.45) is 0 Å². The molecular weight excluding hydrogens is 700 g/mol. The molecule has 4 aromatic carbocycles. The van der Waals surface area contributed by atoms with Crippen molar-refractivity contribution in [1.29, 1.82) is 0 Å². The zero-order valence-electron chi connectivity index (χ0n) is 23.5. The number of carbonyl (C=O) groups excluding carboxylic acids is 2. The second-order valence-electron chi connectivity index (χ2n) is 9.64. The van der Waals surface area contributed by atoms with Crippen molar-refractivity contribution in [2.45, 2.75) is 22.7 Å². The molecule has 4 aromatic rings. The fraction of sp³-hybridized carbons (Fsp3) is 0.118. The van der Waals surface area contributed by atoms with E-state index >= 15 is 0 Å². The van der Waals surface area contributed by atoms with E-state index in [0.717, 1.165) is 0 Å². The Hall–Kier alpha value is -3.46. The van der Waals surface area contributed by atoms with E-state index in [-0.39, 0.29) is 11.1 Å². The van der Waals surface area contributed by atoms with Crippen LogP contribution < -0.4 is 0 Å². The number of benzene rings is 4. The van der Waals surface area contributed by atoms with Gasteiger partial charge < -0.3 is 0 Å². The molecule has 0 aromatic heterocycles. The van der Waals surface area contributed by atoms with Crippen LogP contribution in [0.4, 0.5) is 8.78 Å². The first-order valence-electron chi connectivity index (χ1n) is 13.5. The molecule has 0 amide bonds. The fourth-order valence-electron chi connectivity index (χ4n) is 4.31. The second kappa shape index (κ2) is 14.8. The fourth-order valence-corrected chi connectivity index (χ4v) is 10.3. The number of carbonyl (C=O) groups is 2. The molecule has 0 aliphatic rings. The van der Waals surface area contributed by atoms with Crippen LogP contribution in [0.5, 0.6) is 0 Å². The molecule has 0 fully saturated rings. The number of hydrogen-bond donors (Lipinski definition) is 0. The van der Waals surface area contributed by atoms with Gasteiger partial charge in [-0.15, -0.1) is 0 Å². The van der Waals surface area contributed by atoms with Gasteiger partial charge in [0.05, 0.1) is 0 Å². The molecule has 0 saturated heterocycles. The van der Waals surface area contributed by atoms with E-state index in [1.54, 1.807) is 72.8 Å². The van der Waals surface area contributed by atoms with E-state index < -0.39 is 42.8 Å². The molecular formula is C34H28Cl2F2O4Sn. The molecule has 0 unspecified atom stereocenters. The molecule has 9 heteroatoms. The number of halogens is 4. The Kier molecular flexibility index (Phi) is 11.2. The van der Waals surface area contributed by atoms with Crippen molar-refractivity contribution < 1.29 is 24.5 Å². The zero-order chi connectivity index (χ0) is 31.0. The van der Waals surface area contributed by atoms with Gasteiger partial charge >= 0.3 is 266 Å². The summed E-state index contributed by atoms with van der Waals surface area (Å²) in [6.45, 7) is 3.63. The predicted molar refractivity (Wildman–Crippen MR) is 170 cm³/mol. The van der Waals surface area contributed by atoms with Gasteiger partial charge in [0.15, 0.2) is 0 Å². The molecule has 0 aliphatic heterocycles. The summed E-state index contributed by atoms with van der Waals surface area (Å²) in [5.74, 6) is -2.30. The molecule has 43 heavy (non-hydrogen) atoms. The Morgan fingerprint density at radius 3 is 1.35 bits per heavy atom. The van der Waals surface area contributed by atoms with Crippen LogP contribution in [0.15, 0.2) is 97.1 Å². The summed E-state index contributed by atoms with van der Waals surface area (Å²) in [6.07, 6.45) is 3.06. The molecule has 0 aliphatic carbocycles. The Balaban J connectivity index is 1.71. The van der Waals surface area contributed by atoms with E-state index in [0.29, 0.717) is 41.2 Å². The van der Waals surface area contributed by atoms with Gasteiger partial charge in [0, 0.05) is 0 Å². The van der Waals surface area contributed by atoms with Gasteiger partial charge in [-0.1, -0.05) is 0 Å². The Morgan fingerprint density at radius 1 is 0.651 bits per heavy atom. The standard InChI is InChI=1S/2C15H10ClFO2.2C2H5.Sn/c2*16-12-6-4-11(5-7-12)14(15(18)19)9-10-2-1-3-13(17)8-10;2*1-2;/h2*1-9H,(H,18,19);2*1H2,2H3;/q;;;;+2/p-2/b2*14-9+;;;. The summed E-state index contributed by atoms with van der Waals surface area (Å²) < 4.78 is 40.9. The first-order valence-corrected chi connectivity index (χ1v) is 20.7. The molecule has 0 heterocycles. The number of rotatable bonds is 10. The van der Waals surface area contributed by atoms with Gasteiger partial charge in [-0.25, -0.2) is 0 Å². The third-order valence-electron chi connectivity index (χ3n) is 6.70. The van der Waals surface area contributed by atoms with Crippen molar-refractivity contribution in [2.75, 3.05) is 0 Å². The molecule has 0 bridgehead atoms. The molecule has 0 spiro atoms. The predicted octanol–water partition coefficient (Wildman–Crippen LogP) is 9.62. The third-order valence-corrected chi connectivity index (χ3v) is 16.5. The minimum absolute atomic E-state index is 0.162. The average molecular weight is 728 g/mol. The van der Waals surface area contributed by atoms with Crippen molar-refractivity contribution in [1.82, 2.24) is 0 Å². The summed E-state index contributed by atoms with van der Waals surface area (Å²) in [5.41, 5.74) is 2.24. The van der Waals surface area contributed by atoms with Crippen LogP contribution in [0.3, 0.4) is 0 Å². The van der Waals surface area contributed by atoms with Crippen LogP contribution in [0.2, 0.25) is 18.9 Å². The summed E-state index contributed by atoms with van der Waals surface area (Å²) in [6, 6.07) is 24.8. The maximum absolute atomic E-state index is 14.0. The third kappa shape index (κ3) is 8.78. The first kappa shape index (κ1) is 32.5. The van der Waals surface area contributed by atoms with Crippen LogP contribution in [0.1, 0.15) is 36.1 Å². The van der Waals surface area contributed by atoms with Crippen molar-refractivity contribution in [3.8, 4) is 0 Å². The Morgan fingerprint density at radius 2 is 1.02 bits per heavy atom. The average Bonchev–Trinajstić information content (AvgIpc) is 2.99. The van der Waals surface area contributed by atoms with Crippen molar-refractivity contribution >= 4 is 77.6 Å². The monoisotopic (exact) mass is 728 g/mol. The first-order chi connectivity index (χ1) is 20.6. The maximum atomic E-state index is 14.0. The Bertz CT molecular complexity index is 1540. The molecule has 4 nitrogen and oxygen atoms in total. The normalized spacial score (nSPS) is 12.1. The number of hydrogen-bond acceptors (Lipinski definition) is 4. The molecule has 220 valence electrons. The van der Waals surface area contributed by atoms with Crippen LogP contribution in [-0.4, -0.2) is 31.1 Å². The SMILES string of the molecule is C[CH2][Sn]([CH2]C)([O]C(=O)/C(=C/c1cccc(F)c1)c1ccc(Cl)cc1)[O]C(=O)/C(=C/c1cccc(F)c1)c1ccc(Cl)cc1. The van der Waals surface area contributed by atoms with E-state index in [1.165, 1.54) is 36.4 Å². The van der Waals surface area contributed by atoms with Crippen LogP contribution in [-0.2, 0) is 15.7 Å². The van der Waals surface area contributed by atoms with Crippen LogP contribution in [0.25, 0.3) is 23.3 Å². The van der Waals surface area contributed by atoms with E-state index in [9.17, 15) is 18.4 Å². The van der Waals surface area contributed by atoms with E-state index in [4.69, 9.17) is 29.4 Å². The van der Waals surface area contributed by atoms with Gasteiger partial charge in [0.1, 0.15) is 0 Å². The van der Waals surface area contributed by atoms with Gasteiger partial charge in [0.2, 0.25) is 0 Å². The molecule has 0 N–H and O–H groups in total. The second-order valence-corrected chi connectivity index (χ2v) is 20.9. The summed E-state index contributed by atoms with van der Waals surface area (Å²) in [5, 5.41) is 0.957. The summed E-state index contributed by atoms with van der Waals surface area (Å²) in [4.78, 5) is 27.6. The Labute approximate surface area is 264 Å². The summed E-state index contributed by atoms with van der Waals surface area (Å²) in [7, 11) is 0. The van der Waals surface area contributed by atoms with E-state index in [2.05, 4.69) is 0 Å². The quantitative estimate of drug-likeness (QED) is 0.0928. The minimum atomic E-state index is -4.47. The topological polar surface area (TPSA) is 52.6 Å². The van der Waals surface area contributed by atoms with Gasteiger partial charge in [-0.2, -0.15) is 0 Å². The zero-order valence-corrected chi connectivity index (χ0v) is 27.8. The van der Waals surface area contributed by atoms with E-state index in [1.807, 2.05) is 13.8 Å². The summed E-state index contributed by atoms with van der Waals surface area (Å²) >= 11 is 7.68. The molecule has 0 saturated carbocycles. The van der Waals surface area contributed by atoms with Crippen LogP contribution >= 0.6 is 23.2 Å².